The first-order valence-corrected chi connectivity index (χ1v) is 32.7. The highest BCUT2D eigenvalue weighted by Crippen LogP contribution is 2.53. The number of likely N-dealkylation sites (tertiary alicyclic amines) is 2. The molecule has 3 aromatic carbocycles. The summed E-state index contributed by atoms with van der Waals surface area (Å²) in [6, 6.07) is 12.9. The molecule has 7 atom stereocenters. The third-order valence-corrected chi connectivity index (χ3v) is 21.2. The number of fused-ring (bicyclic) bond motifs is 3. The van der Waals surface area contributed by atoms with E-state index in [4.69, 9.17) is 41.5 Å². The van der Waals surface area contributed by atoms with Crippen LogP contribution in [0.25, 0.3) is 42.6 Å². The fraction of sp³-hybridized carbons (Fsp3) is 0.531. The van der Waals surface area contributed by atoms with Crippen molar-refractivity contribution < 1.29 is 56.1 Å². The molecule has 6 fully saturated rings. The Morgan fingerprint density at radius 2 is 1.78 bits per heavy atom. The molecule has 2 unspecified atom stereocenters. The number of carbonyl (C=O) groups excluding carboxylic acids is 4. The monoisotopic (exact) mass is 1300 g/mol. The summed E-state index contributed by atoms with van der Waals surface area (Å²) in [7, 11) is 0. The molecule has 0 radical (unpaired) electrons. The maximum absolute atomic E-state index is 17.6. The normalized spacial score (nSPS) is 24.1. The Bertz CT molecular complexity index is 3830. The predicted molar refractivity (Wildman–Crippen MR) is 333 cm³/mol. The van der Waals surface area contributed by atoms with E-state index in [2.05, 4.69) is 20.5 Å². The van der Waals surface area contributed by atoms with Crippen molar-refractivity contribution in [3.8, 4) is 33.6 Å². The van der Waals surface area contributed by atoms with Gasteiger partial charge >= 0.3 is 6.01 Å². The van der Waals surface area contributed by atoms with Crippen molar-refractivity contribution in [2.45, 2.75) is 134 Å². The summed E-state index contributed by atoms with van der Waals surface area (Å²) < 4.78 is 80.4. The molecule has 0 bridgehead atoms. The second-order valence-corrected chi connectivity index (χ2v) is 28.3. The Hall–Kier alpha value is -6.79. The first kappa shape index (κ1) is 63.4. The van der Waals surface area contributed by atoms with Gasteiger partial charge in [0.2, 0.25) is 23.6 Å². The zero-order chi connectivity index (χ0) is 63.6. The first-order valence-electron chi connectivity index (χ1n) is 30.7. The van der Waals surface area contributed by atoms with Gasteiger partial charge in [-0.15, -0.1) is 22.7 Å². The number of benzene rings is 3. The number of hydrogen-bond donors (Lipinski definition) is 4. The van der Waals surface area contributed by atoms with Gasteiger partial charge in [0.25, 0.3) is 5.92 Å². The number of aliphatic hydroxyl groups is 1. The molecule has 4 amide bonds. The van der Waals surface area contributed by atoms with Crippen LogP contribution in [0, 0.1) is 47.1 Å². The van der Waals surface area contributed by atoms with Gasteiger partial charge in [-0.2, -0.15) is 15.2 Å². The van der Waals surface area contributed by atoms with E-state index in [1.807, 2.05) is 62.9 Å². The SMILES string of the molecule is Cc1ncsc1-c1ccc(CNC(=O)[C@@H]2C[C@@H](O)N(C(=O)[C@@H](NC(=O)CCOCCCO[C@H]3CN4CCC[C@@]4(COc4nc(N5CCC6(CCCN6C(=O)C6CC6(F)F)C5)c5cc(Cl)c(-c6ccc(F)c7sc(N)c(C#N)c67)c(F)c5n4)C3)C(C)(C)C)C2)cc1. The molecule has 5 saturated heterocycles. The molecule has 3 aromatic heterocycles. The second kappa shape index (κ2) is 25.0. The van der Waals surface area contributed by atoms with Crippen molar-refractivity contribution in [3.63, 3.8) is 0 Å². The van der Waals surface area contributed by atoms with Gasteiger partial charge < -0.3 is 50.4 Å². The van der Waals surface area contributed by atoms with E-state index >= 15 is 8.78 Å². The van der Waals surface area contributed by atoms with Crippen molar-refractivity contribution >= 4 is 89.7 Å². The maximum atomic E-state index is 17.6. The highest BCUT2D eigenvalue weighted by atomic mass is 35.5. The van der Waals surface area contributed by atoms with Crippen LogP contribution in [0.3, 0.4) is 0 Å². The van der Waals surface area contributed by atoms with Gasteiger partial charge in [0.15, 0.2) is 5.82 Å². The number of carbonyl (C=O) groups is 4. The number of aromatic nitrogens is 3. The van der Waals surface area contributed by atoms with Crippen LogP contribution in [0.5, 0.6) is 6.01 Å². The Labute approximate surface area is 531 Å². The molecular formula is C64H72ClF4N11O8S2. The fourth-order valence-electron chi connectivity index (χ4n) is 14.1. The number of thiazole rings is 1. The minimum absolute atomic E-state index is 0.00645. The van der Waals surface area contributed by atoms with Crippen LogP contribution in [-0.2, 0) is 35.2 Å². The van der Waals surface area contributed by atoms with E-state index in [-0.39, 0.29) is 117 Å². The lowest BCUT2D eigenvalue weighted by Crippen LogP contribution is -2.56. The Balaban J connectivity index is 0.652. The molecule has 1 spiro atoms. The lowest BCUT2D eigenvalue weighted by atomic mass is 9.85. The lowest BCUT2D eigenvalue weighted by Gasteiger charge is -2.35. The Morgan fingerprint density at radius 3 is 2.51 bits per heavy atom. The molecule has 5 aliphatic heterocycles. The number of nitrogen functional groups attached to an aromatic ring is 1. The topological polar surface area (TPSA) is 242 Å². The molecule has 8 heterocycles. The van der Waals surface area contributed by atoms with E-state index in [0.717, 1.165) is 52.4 Å². The van der Waals surface area contributed by atoms with Gasteiger partial charge in [0.05, 0.1) is 61.1 Å². The summed E-state index contributed by atoms with van der Waals surface area (Å²) in [5.41, 5.74) is 8.79. The third kappa shape index (κ3) is 12.3. The Morgan fingerprint density at radius 1 is 1.00 bits per heavy atom. The van der Waals surface area contributed by atoms with E-state index in [0.29, 0.717) is 65.0 Å². The van der Waals surface area contributed by atoms with E-state index in [9.17, 15) is 38.3 Å². The average molecular weight is 1300 g/mol. The Kier molecular flexibility index (Phi) is 17.6. The van der Waals surface area contributed by atoms with Gasteiger partial charge in [0, 0.05) is 88.1 Å². The van der Waals surface area contributed by atoms with Crippen molar-refractivity contribution in [2.75, 3.05) is 76.3 Å². The van der Waals surface area contributed by atoms with Gasteiger partial charge in [-0.05, 0) is 92.7 Å². The van der Waals surface area contributed by atoms with Crippen LogP contribution in [0.1, 0.15) is 102 Å². The molecule has 6 aromatic rings. The van der Waals surface area contributed by atoms with E-state index in [1.165, 1.54) is 23.1 Å². The van der Waals surface area contributed by atoms with Crippen molar-refractivity contribution in [3.05, 3.63) is 81.5 Å². The predicted octanol–water partition coefficient (Wildman–Crippen LogP) is 9.37. The molecular weight excluding hydrogens is 1230 g/mol. The van der Waals surface area contributed by atoms with Gasteiger partial charge in [-0.3, -0.25) is 24.1 Å². The minimum Gasteiger partial charge on any atom is -0.461 e. The number of nitrogens with two attached hydrogens (primary N) is 1. The summed E-state index contributed by atoms with van der Waals surface area (Å²) >= 11 is 9.45. The third-order valence-electron chi connectivity index (χ3n) is 18.9. The van der Waals surface area contributed by atoms with Crippen LogP contribution in [0.15, 0.2) is 48.0 Å². The maximum Gasteiger partial charge on any atom is 0.319 e. The number of halogens is 5. The van der Waals surface area contributed by atoms with Crippen molar-refractivity contribution in [1.29, 1.82) is 5.26 Å². The first-order chi connectivity index (χ1) is 43.0. The molecule has 5 N–H and O–H groups in total. The summed E-state index contributed by atoms with van der Waals surface area (Å²) in [6.45, 7) is 11.0. The molecule has 1 aliphatic carbocycles. The number of alkyl halides is 2. The summed E-state index contributed by atoms with van der Waals surface area (Å²) in [5.74, 6) is -7.93. The molecule has 26 heteroatoms. The zero-order valence-electron chi connectivity index (χ0n) is 50.5. The van der Waals surface area contributed by atoms with Crippen LogP contribution in [0.4, 0.5) is 28.4 Å². The second-order valence-electron chi connectivity index (χ2n) is 26.0. The van der Waals surface area contributed by atoms with Crippen LogP contribution >= 0.6 is 34.3 Å². The number of rotatable bonds is 20. The number of aliphatic hydroxyl groups excluding tert-OH is 1. The highest BCUT2D eigenvalue weighted by Gasteiger charge is 2.64. The highest BCUT2D eigenvalue weighted by molar-refractivity contribution is 7.23. The smallest absolute Gasteiger partial charge is 0.319 e. The number of amides is 4. The van der Waals surface area contributed by atoms with Gasteiger partial charge in [-0.25, -0.2) is 22.5 Å². The number of nitrogens with zero attached hydrogens (tertiary/aromatic N) is 8. The van der Waals surface area contributed by atoms with Crippen LogP contribution in [0.2, 0.25) is 5.02 Å². The standard InChI is InChI=1S/C64H72ClF4N11O8S2/c1-35-52(89-34-73-35)37-10-8-36(9-11-37)29-72-57(83)38-24-47(82)79(30-38)59(85)54(61(2,3)4)74-46(81)14-23-86-21-7-22-87-39-26-63(16-5-18-78(63)31-39)33-88-60-75-51-41(25-44(65)49(50(51)67)40-12-13-45(66)53-48(40)42(28-70)55(71)90-53)56(76-60)77-20-17-62(32-77)15-6-19-80(62)58(84)43-27-64(43,68)69/h8-13,25,34,38-39,43,47,54,82H,5-7,14-24,26-27,29-33,71H2,1-4H3,(H,72,83)(H,74,81)/t38-,39-,43?,47-,54-,62?,63+/m1/s1. The molecule has 19 nitrogen and oxygen atoms in total. The quantitative estimate of drug-likeness (QED) is 0.0411. The summed E-state index contributed by atoms with van der Waals surface area (Å²) in [6.07, 6.45) is 2.75. The fourth-order valence-corrected chi connectivity index (χ4v) is 16.1. The van der Waals surface area contributed by atoms with Crippen LogP contribution in [-0.4, -0.2) is 159 Å². The number of hydrogen-bond acceptors (Lipinski definition) is 17. The number of nitriles is 1. The summed E-state index contributed by atoms with van der Waals surface area (Å²) in [4.78, 5) is 76.3. The number of nitrogens with one attached hydrogen (secondary N) is 2. The van der Waals surface area contributed by atoms with E-state index in [1.54, 1.807) is 21.7 Å². The number of thiophene rings is 1. The van der Waals surface area contributed by atoms with Gasteiger partial charge in [0.1, 0.15) is 53.0 Å². The average Bonchev–Trinajstić information content (AvgIpc) is 1.40. The number of aryl methyl sites for hydroxylation is 1. The van der Waals surface area contributed by atoms with Gasteiger partial charge in [-0.1, -0.05) is 62.7 Å². The zero-order valence-corrected chi connectivity index (χ0v) is 52.9. The number of anilines is 2. The molecule has 12 rings (SSSR count). The van der Waals surface area contributed by atoms with Crippen molar-refractivity contribution in [2.24, 2.45) is 17.3 Å². The lowest BCUT2D eigenvalue weighted by molar-refractivity contribution is -0.145. The van der Waals surface area contributed by atoms with E-state index < -0.39 is 82.3 Å². The number of ether oxygens (including phenoxy) is 3. The minimum atomic E-state index is -3.03. The molecule has 1 saturated carbocycles. The summed E-state index contributed by atoms with van der Waals surface area (Å²) in [5, 5.41) is 27.3. The molecule has 90 heavy (non-hydrogen) atoms. The molecule has 478 valence electrons. The van der Waals surface area contributed by atoms with Crippen LogP contribution < -0.4 is 26.0 Å². The largest absolute Gasteiger partial charge is 0.461 e. The van der Waals surface area contributed by atoms with Crippen molar-refractivity contribution in [1.82, 2.24) is 40.3 Å². The molecule has 6 aliphatic rings.